The number of anilines is 2. The van der Waals surface area contributed by atoms with E-state index in [-0.39, 0.29) is 11.9 Å². The van der Waals surface area contributed by atoms with E-state index in [1.807, 2.05) is 44.2 Å². The molecule has 0 radical (unpaired) electrons. The molecule has 1 fully saturated rings. The Balaban J connectivity index is 1.51. The van der Waals surface area contributed by atoms with Gasteiger partial charge in [0.15, 0.2) is 0 Å². The summed E-state index contributed by atoms with van der Waals surface area (Å²) in [5, 5.41) is 2.98. The summed E-state index contributed by atoms with van der Waals surface area (Å²) in [7, 11) is 0. The van der Waals surface area contributed by atoms with Crippen LogP contribution in [0.15, 0.2) is 42.7 Å². The molecule has 1 aromatic carbocycles. The molecule has 7 nitrogen and oxygen atoms in total. The van der Waals surface area contributed by atoms with Crippen molar-refractivity contribution in [2.45, 2.75) is 19.9 Å². The third kappa shape index (κ3) is 4.49. The first-order valence-electron chi connectivity index (χ1n) is 8.97. The van der Waals surface area contributed by atoms with Crippen LogP contribution >= 0.6 is 0 Å². The monoisotopic (exact) mass is 355 g/mol. The maximum atomic E-state index is 12.6. The lowest BCUT2D eigenvalue weighted by Gasteiger charge is -2.37. The lowest BCUT2D eigenvalue weighted by Crippen LogP contribution is -2.53. The minimum atomic E-state index is -0.194. The van der Waals surface area contributed by atoms with Crippen molar-refractivity contribution in [1.29, 1.82) is 0 Å². The number of amides is 1. The highest BCUT2D eigenvalue weighted by Crippen LogP contribution is 2.17. The highest BCUT2D eigenvalue weighted by Gasteiger charge is 2.26. The Labute approximate surface area is 154 Å². The predicted molar refractivity (Wildman–Crippen MR) is 102 cm³/mol. The fourth-order valence-electron chi connectivity index (χ4n) is 2.98. The first-order valence-corrected chi connectivity index (χ1v) is 8.97. The molecule has 1 amide bonds. The topological polar surface area (TPSA) is 70.6 Å². The molecule has 26 heavy (non-hydrogen) atoms. The zero-order chi connectivity index (χ0) is 18.4. The summed E-state index contributed by atoms with van der Waals surface area (Å²) in [6, 6.07) is 9.07. The number of benzene rings is 1. The molecule has 1 saturated heterocycles. The van der Waals surface area contributed by atoms with Crippen molar-refractivity contribution < 1.29 is 9.53 Å². The van der Waals surface area contributed by atoms with Gasteiger partial charge in [0, 0.05) is 44.3 Å². The number of hydrogen-bond donors (Lipinski definition) is 1. The third-order valence-electron chi connectivity index (χ3n) is 4.51. The van der Waals surface area contributed by atoms with Crippen LogP contribution in [0.5, 0.6) is 5.75 Å². The van der Waals surface area contributed by atoms with Crippen LogP contribution in [0.1, 0.15) is 13.8 Å². The molecule has 0 unspecified atom stereocenters. The van der Waals surface area contributed by atoms with Gasteiger partial charge in [-0.25, -0.2) is 9.97 Å². The zero-order valence-electron chi connectivity index (χ0n) is 15.3. The Morgan fingerprint density at radius 2 is 1.81 bits per heavy atom. The van der Waals surface area contributed by atoms with E-state index >= 15 is 0 Å². The van der Waals surface area contributed by atoms with Crippen LogP contribution in [0, 0.1) is 0 Å². The number of aromatic nitrogens is 2. The summed E-state index contributed by atoms with van der Waals surface area (Å²) in [4.78, 5) is 25.5. The Hall–Kier alpha value is -2.67. The van der Waals surface area contributed by atoms with Gasteiger partial charge in [0.25, 0.3) is 0 Å². The highest BCUT2D eigenvalue weighted by molar-refractivity contribution is 5.94. The largest absolute Gasteiger partial charge is 0.494 e. The second kappa shape index (κ2) is 8.62. The number of piperazine rings is 1. The summed E-state index contributed by atoms with van der Waals surface area (Å²) in [6.07, 6.45) is 3.50. The molecular formula is C19H25N5O2. The van der Waals surface area contributed by atoms with Gasteiger partial charge in [-0.3, -0.25) is 9.69 Å². The van der Waals surface area contributed by atoms with Crippen molar-refractivity contribution in [3.05, 3.63) is 42.7 Å². The van der Waals surface area contributed by atoms with E-state index in [9.17, 15) is 4.79 Å². The van der Waals surface area contributed by atoms with Crippen LogP contribution in [0.4, 0.5) is 11.6 Å². The SMILES string of the molecule is CCOc1ccc(NC(=O)[C@H](C)N2CCN(c3ncccn3)CC2)cc1. The van der Waals surface area contributed by atoms with E-state index in [0.717, 1.165) is 43.6 Å². The molecule has 0 spiro atoms. The molecule has 0 saturated carbocycles. The minimum Gasteiger partial charge on any atom is -0.494 e. The molecule has 1 N–H and O–H groups in total. The Morgan fingerprint density at radius 3 is 2.42 bits per heavy atom. The van der Waals surface area contributed by atoms with Crippen molar-refractivity contribution in [2.75, 3.05) is 43.0 Å². The molecule has 1 aliphatic rings. The maximum absolute atomic E-state index is 12.6. The molecule has 1 aliphatic heterocycles. The Morgan fingerprint density at radius 1 is 1.15 bits per heavy atom. The van der Waals surface area contributed by atoms with Crippen LogP contribution in [-0.2, 0) is 4.79 Å². The molecule has 1 atom stereocenters. The number of hydrogen-bond acceptors (Lipinski definition) is 6. The van der Waals surface area contributed by atoms with Gasteiger partial charge in [-0.2, -0.15) is 0 Å². The van der Waals surface area contributed by atoms with Crippen molar-refractivity contribution in [2.24, 2.45) is 0 Å². The fraction of sp³-hybridized carbons (Fsp3) is 0.421. The fourth-order valence-corrected chi connectivity index (χ4v) is 2.98. The quantitative estimate of drug-likeness (QED) is 0.855. The van der Waals surface area contributed by atoms with Gasteiger partial charge >= 0.3 is 0 Å². The van der Waals surface area contributed by atoms with E-state index in [2.05, 4.69) is 25.1 Å². The standard InChI is InChI=1S/C19H25N5O2/c1-3-26-17-7-5-16(6-8-17)22-18(25)15(2)23-11-13-24(14-12-23)19-20-9-4-10-21-19/h4-10,15H,3,11-14H2,1-2H3,(H,22,25)/t15-/m0/s1. The lowest BCUT2D eigenvalue weighted by molar-refractivity contribution is -0.120. The number of nitrogens with one attached hydrogen (secondary N) is 1. The molecule has 3 rings (SSSR count). The molecule has 7 heteroatoms. The summed E-state index contributed by atoms with van der Waals surface area (Å²) < 4.78 is 5.42. The number of carbonyl (C=O) groups is 1. The molecule has 2 aromatic rings. The summed E-state index contributed by atoms with van der Waals surface area (Å²) in [6.45, 7) is 7.74. The van der Waals surface area contributed by atoms with E-state index < -0.39 is 0 Å². The van der Waals surface area contributed by atoms with E-state index in [1.165, 1.54) is 0 Å². The van der Waals surface area contributed by atoms with E-state index in [1.54, 1.807) is 12.4 Å². The average molecular weight is 355 g/mol. The highest BCUT2D eigenvalue weighted by atomic mass is 16.5. The van der Waals surface area contributed by atoms with Crippen LogP contribution in [0.25, 0.3) is 0 Å². The molecule has 0 aliphatic carbocycles. The number of rotatable bonds is 6. The Kier molecular flexibility index (Phi) is 6.01. The molecule has 2 heterocycles. The summed E-state index contributed by atoms with van der Waals surface area (Å²) >= 11 is 0. The van der Waals surface area contributed by atoms with Crippen molar-refractivity contribution in [3.8, 4) is 5.75 Å². The second-order valence-electron chi connectivity index (χ2n) is 6.19. The average Bonchev–Trinajstić information content (AvgIpc) is 2.70. The van der Waals surface area contributed by atoms with Gasteiger partial charge in [0.1, 0.15) is 5.75 Å². The van der Waals surface area contributed by atoms with Crippen LogP contribution < -0.4 is 15.0 Å². The normalized spacial score (nSPS) is 16.2. The molecule has 138 valence electrons. The van der Waals surface area contributed by atoms with Gasteiger partial charge in [0.05, 0.1) is 12.6 Å². The van der Waals surface area contributed by atoms with Crippen LogP contribution in [0.2, 0.25) is 0 Å². The van der Waals surface area contributed by atoms with E-state index in [4.69, 9.17) is 4.74 Å². The zero-order valence-corrected chi connectivity index (χ0v) is 15.3. The van der Waals surface area contributed by atoms with Crippen LogP contribution in [0.3, 0.4) is 0 Å². The molecular weight excluding hydrogens is 330 g/mol. The van der Waals surface area contributed by atoms with Gasteiger partial charge in [-0.1, -0.05) is 0 Å². The number of ether oxygens (including phenoxy) is 1. The number of nitrogens with zero attached hydrogens (tertiary/aromatic N) is 4. The second-order valence-corrected chi connectivity index (χ2v) is 6.19. The van der Waals surface area contributed by atoms with E-state index in [0.29, 0.717) is 6.61 Å². The minimum absolute atomic E-state index is 0.00132. The van der Waals surface area contributed by atoms with Crippen molar-refractivity contribution in [1.82, 2.24) is 14.9 Å². The summed E-state index contributed by atoms with van der Waals surface area (Å²) in [5.74, 6) is 1.55. The first-order chi connectivity index (χ1) is 12.7. The third-order valence-corrected chi connectivity index (χ3v) is 4.51. The van der Waals surface area contributed by atoms with Gasteiger partial charge in [-0.15, -0.1) is 0 Å². The number of carbonyl (C=O) groups excluding carboxylic acids is 1. The van der Waals surface area contributed by atoms with Crippen molar-refractivity contribution >= 4 is 17.5 Å². The Bertz CT molecular complexity index is 700. The predicted octanol–water partition coefficient (Wildman–Crippen LogP) is 2.02. The van der Waals surface area contributed by atoms with Crippen molar-refractivity contribution in [3.63, 3.8) is 0 Å². The van der Waals surface area contributed by atoms with Gasteiger partial charge in [0.2, 0.25) is 11.9 Å². The van der Waals surface area contributed by atoms with Crippen LogP contribution in [-0.4, -0.2) is 59.6 Å². The summed E-state index contributed by atoms with van der Waals surface area (Å²) in [5.41, 5.74) is 0.779. The molecule has 1 aromatic heterocycles. The van der Waals surface area contributed by atoms with Gasteiger partial charge in [-0.05, 0) is 44.2 Å². The molecule has 0 bridgehead atoms. The first kappa shape index (κ1) is 18.1. The van der Waals surface area contributed by atoms with Gasteiger partial charge < -0.3 is 15.0 Å². The maximum Gasteiger partial charge on any atom is 0.241 e. The lowest BCUT2D eigenvalue weighted by atomic mass is 10.2. The smallest absolute Gasteiger partial charge is 0.241 e.